The normalized spacial score (nSPS) is 12.3. The summed E-state index contributed by atoms with van der Waals surface area (Å²) in [6, 6.07) is 7.01. The summed E-state index contributed by atoms with van der Waals surface area (Å²) in [6.07, 6.45) is -0.666. The Balaban J connectivity index is 1.81. The number of H-pyrrole nitrogens is 1. The van der Waals surface area contributed by atoms with Crippen molar-refractivity contribution >= 4 is 27.5 Å². The quantitative estimate of drug-likeness (QED) is 0.691. The molecular formula is C19H20N2O4S. The fraction of sp³-hybridized carbons (Fsp3) is 0.316. The Morgan fingerprint density at radius 3 is 2.62 bits per heavy atom. The molecule has 1 N–H and O–H groups in total. The maximum atomic E-state index is 12.4. The van der Waals surface area contributed by atoms with Crippen molar-refractivity contribution in [2.75, 3.05) is 7.11 Å². The number of aromatic nitrogens is 2. The van der Waals surface area contributed by atoms with Gasteiger partial charge in [0.05, 0.1) is 17.6 Å². The maximum Gasteiger partial charge on any atom is 0.338 e. The SMILES string of the molecule is COCc1ccc(C(=O)O[C@H](C)c2nc3sc(C)c(C)c3c(=O)[nH]2)cc1. The fourth-order valence-electron chi connectivity index (χ4n) is 2.65. The Morgan fingerprint density at radius 1 is 1.27 bits per heavy atom. The van der Waals surface area contributed by atoms with Crippen LogP contribution in [0.5, 0.6) is 0 Å². The predicted molar refractivity (Wildman–Crippen MR) is 101 cm³/mol. The third kappa shape index (κ3) is 3.54. The van der Waals surface area contributed by atoms with Gasteiger partial charge >= 0.3 is 5.97 Å². The Labute approximate surface area is 154 Å². The summed E-state index contributed by atoms with van der Waals surface area (Å²) in [5.74, 6) is -0.129. The van der Waals surface area contributed by atoms with Crippen LogP contribution in [-0.4, -0.2) is 23.0 Å². The lowest BCUT2D eigenvalue weighted by Crippen LogP contribution is -2.17. The number of ether oxygens (including phenoxy) is 2. The molecular weight excluding hydrogens is 352 g/mol. The van der Waals surface area contributed by atoms with Crippen LogP contribution in [-0.2, 0) is 16.1 Å². The fourth-order valence-corrected chi connectivity index (χ4v) is 3.69. The summed E-state index contributed by atoms with van der Waals surface area (Å²) in [6.45, 7) is 6.03. The van der Waals surface area contributed by atoms with Crippen LogP contribution in [0.3, 0.4) is 0 Å². The summed E-state index contributed by atoms with van der Waals surface area (Å²) >= 11 is 1.46. The number of carbonyl (C=O) groups excluding carboxylic acids is 1. The van der Waals surface area contributed by atoms with Crippen molar-refractivity contribution in [2.45, 2.75) is 33.5 Å². The summed E-state index contributed by atoms with van der Waals surface area (Å²) in [4.78, 5) is 33.6. The van der Waals surface area contributed by atoms with Crippen LogP contribution < -0.4 is 5.56 Å². The molecule has 2 aromatic heterocycles. The predicted octanol–water partition coefficient (Wildman–Crippen LogP) is 3.67. The first-order valence-corrected chi connectivity index (χ1v) is 9.01. The van der Waals surface area contributed by atoms with Gasteiger partial charge in [-0.15, -0.1) is 11.3 Å². The summed E-state index contributed by atoms with van der Waals surface area (Å²) in [5.41, 5.74) is 2.13. The molecule has 3 rings (SSSR count). The minimum atomic E-state index is -0.666. The van der Waals surface area contributed by atoms with Gasteiger partial charge in [0.15, 0.2) is 11.9 Å². The number of nitrogens with one attached hydrogen (secondary N) is 1. The lowest BCUT2D eigenvalue weighted by molar-refractivity contribution is 0.0320. The Kier molecular flexibility index (Phi) is 5.20. The molecule has 1 atom stereocenters. The number of nitrogens with zero attached hydrogens (tertiary/aromatic N) is 1. The molecule has 0 aliphatic carbocycles. The van der Waals surface area contributed by atoms with Gasteiger partial charge in [-0.05, 0) is 44.0 Å². The van der Waals surface area contributed by atoms with Gasteiger partial charge in [-0.3, -0.25) is 4.79 Å². The van der Waals surface area contributed by atoms with Crippen molar-refractivity contribution in [1.29, 1.82) is 0 Å². The van der Waals surface area contributed by atoms with Gasteiger partial charge in [0, 0.05) is 12.0 Å². The molecule has 0 unspecified atom stereocenters. The topological polar surface area (TPSA) is 81.3 Å². The van der Waals surface area contributed by atoms with Gasteiger partial charge in [-0.1, -0.05) is 12.1 Å². The van der Waals surface area contributed by atoms with E-state index in [0.29, 0.717) is 28.2 Å². The number of thiophene rings is 1. The molecule has 136 valence electrons. The third-order valence-corrected chi connectivity index (χ3v) is 5.33. The monoisotopic (exact) mass is 372 g/mol. The van der Waals surface area contributed by atoms with Crippen molar-refractivity contribution in [3.63, 3.8) is 0 Å². The van der Waals surface area contributed by atoms with E-state index in [-0.39, 0.29) is 5.56 Å². The smallest absolute Gasteiger partial charge is 0.338 e. The number of fused-ring (bicyclic) bond motifs is 1. The van der Waals surface area contributed by atoms with Crippen LogP contribution >= 0.6 is 11.3 Å². The van der Waals surface area contributed by atoms with Gasteiger partial charge in [0.25, 0.3) is 5.56 Å². The molecule has 0 radical (unpaired) electrons. The minimum Gasteiger partial charge on any atom is -0.451 e. The van der Waals surface area contributed by atoms with Gasteiger partial charge in [0.1, 0.15) is 4.83 Å². The Morgan fingerprint density at radius 2 is 1.96 bits per heavy atom. The molecule has 0 aliphatic rings. The van der Waals surface area contributed by atoms with E-state index in [1.807, 2.05) is 26.0 Å². The summed E-state index contributed by atoms with van der Waals surface area (Å²) in [7, 11) is 1.62. The highest BCUT2D eigenvalue weighted by Gasteiger charge is 2.19. The third-order valence-electron chi connectivity index (χ3n) is 4.23. The molecule has 6 nitrogen and oxygen atoms in total. The second-order valence-corrected chi connectivity index (χ2v) is 7.30. The molecule has 0 aliphatic heterocycles. The first-order chi connectivity index (χ1) is 12.4. The van der Waals surface area contributed by atoms with E-state index >= 15 is 0 Å². The zero-order valence-electron chi connectivity index (χ0n) is 15.1. The molecule has 0 saturated heterocycles. The number of hydrogen-bond donors (Lipinski definition) is 1. The van der Waals surface area contributed by atoms with Crippen molar-refractivity contribution in [3.8, 4) is 0 Å². The van der Waals surface area contributed by atoms with E-state index in [4.69, 9.17) is 9.47 Å². The van der Waals surface area contributed by atoms with Crippen LogP contribution in [0.25, 0.3) is 10.2 Å². The molecule has 0 saturated carbocycles. The van der Waals surface area contributed by atoms with Crippen LogP contribution in [0, 0.1) is 13.8 Å². The van der Waals surface area contributed by atoms with Crippen LogP contribution in [0.1, 0.15) is 45.2 Å². The lowest BCUT2D eigenvalue weighted by Gasteiger charge is -2.13. The molecule has 3 aromatic rings. The number of carbonyl (C=O) groups is 1. The molecule has 7 heteroatoms. The number of rotatable bonds is 5. The van der Waals surface area contributed by atoms with E-state index < -0.39 is 12.1 Å². The second kappa shape index (κ2) is 7.39. The van der Waals surface area contributed by atoms with E-state index in [1.54, 1.807) is 26.2 Å². The van der Waals surface area contributed by atoms with E-state index in [0.717, 1.165) is 16.0 Å². The summed E-state index contributed by atoms with van der Waals surface area (Å²) < 4.78 is 10.5. The average Bonchev–Trinajstić information content (AvgIpc) is 2.90. The molecule has 0 bridgehead atoms. The summed E-state index contributed by atoms with van der Waals surface area (Å²) in [5, 5.41) is 0.600. The van der Waals surface area contributed by atoms with Crippen LogP contribution in [0.2, 0.25) is 0 Å². The van der Waals surface area contributed by atoms with Crippen LogP contribution in [0.15, 0.2) is 29.1 Å². The zero-order valence-corrected chi connectivity index (χ0v) is 15.9. The van der Waals surface area contributed by atoms with E-state index in [1.165, 1.54) is 11.3 Å². The first-order valence-electron chi connectivity index (χ1n) is 8.19. The molecule has 0 fully saturated rings. The number of benzene rings is 1. The molecule has 1 aromatic carbocycles. The highest BCUT2D eigenvalue weighted by atomic mass is 32.1. The number of aryl methyl sites for hydroxylation is 2. The lowest BCUT2D eigenvalue weighted by atomic mass is 10.1. The molecule has 0 amide bonds. The number of methoxy groups -OCH3 is 1. The molecule has 0 spiro atoms. The molecule has 26 heavy (non-hydrogen) atoms. The largest absolute Gasteiger partial charge is 0.451 e. The number of esters is 1. The van der Waals surface area contributed by atoms with Gasteiger partial charge in [-0.25, -0.2) is 9.78 Å². The number of hydrogen-bond acceptors (Lipinski definition) is 6. The van der Waals surface area contributed by atoms with Gasteiger partial charge in [0.2, 0.25) is 0 Å². The van der Waals surface area contributed by atoms with Crippen molar-refractivity contribution in [3.05, 3.63) is 62.0 Å². The minimum absolute atomic E-state index is 0.210. The van der Waals surface area contributed by atoms with Crippen LogP contribution in [0.4, 0.5) is 0 Å². The maximum absolute atomic E-state index is 12.4. The van der Waals surface area contributed by atoms with Crippen molar-refractivity contribution in [1.82, 2.24) is 9.97 Å². The van der Waals surface area contributed by atoms with Gasteiger partial charge < -0.3 is 14.5 Å². The van der Waals surface area contributed by atoms with E-state index in [2.05, 4.69) is 9.97 Å². The molecule has 2 heterocycles. The van der Waals surface area contributed by atoms with Crippen molar-refractivity contribution in [2.24, 2.45) is 0 Å². The Hall–Kier alpha value is -2.51. The highest BCUT2D eigenvalue weighted by Crippen LogP contribution is 2.27. The second-order valence-electron chi connectivity index (χ2n) is 6.09. The highest BCUT2D eigenvalue weighted by molar-refractivity contribution is 7.18. The average molecular weight is 372 g/mol. The van der Waals surface area contributed by atoms with E-state index in [9.17, 15) is 9.59 Å². The zero-order chi connectivity index (χ0) is 18.8. The number of aromatic amines is 1. The van der Waals surface area contributed by atoms with Crippen molar-refractivity contribution < 1.29 is 14.3 Å². The standard InChI is InChI=1S/C19H20N2O4S/c1-10-12(3)26-18-15(10)17(22)20-16(21-18)11(2)25-19(23)14-7-5-13(6-8-14)9-24-4/h5-8,11H,9H2,1-4H3,(H,20,21,22)/t11-/m1/s1. The Bertz CT molecular complexity index is 1000. The first kappa shape index (κ1) is 18.3. The van der Waals surface area contributed by atoms with Gasteiger partial charge in [-0.2, -0.15) is 0 Å².